The molecule has 1 rings (SSSR count). The lowest BCUT2D eigenvalue weighted by atomic mass is 10.2. The van der Waals surface area contributed by atoms with Crippen LogP contribution in [0.15, 0.2) is 18.3 Å². The van der Waals surface area contributed by atoms with Crippen LogP contribution < -0.4 is 11.1 Å². The van der Waals surface area contributed by atoms with Crippen LogP contribution in [0, 0.1) is 12.3 Å². The van der Waals surface area contributed by atoms with Crippen molar-refractivity contribution in [3.05, 3.63) is 18.3 Å². The minimum Gasteiger partial charge on any atom is -0.399 e. The smallest absolute Gasteiger partial charge is 0.127 e. The quantitative estimate of drug-likeness (QED) is 0.549. The number of terminal acetylenes is 1. The molecule has 0 unspecified atom stereocenters. The molecule has 0 aliphatic heterocycles. The van der Waals surface area contributed by atoms with E-state index in [2.05, 4.69) is 16.2 Å². The second-order valence-electron chi connectivity index (χ2n) is 3.06. The van der Waals surface area contributed by atoms with E-state index in [9.17, 15) is 0 Å². The maximum Gasteiger partial charge on any atom is 0.127 e. The first-order valence-electron chi connectivity index (χ1n) is 4.72. The maximum atomic E-state index is 5.60. The number of nitrogen functional groups attached to an aromatic ring is 1. The van der Waals surface area contributed by atoms with Gasteiger partial charge in [-0.15, -0.1) is 12.3 Å². The molecule has 74 valence electrons. The van der Waals surface area contributed by atoms with Crippen molar-refractivity contribution >= 4 is 11.5 Å². The predicted octanol–water partition coefficient (Wildman–Crippen LogP) is 1.88. The molecule has 0 saturated carbocycles. The molecule has 0 amide bonds. The molecule has 0 aromatic carbocycles. The Labute approximate surface area is 84.7 Å². The predicted molar refractivity (Wildman–Crippen MR) is 59.8 cm³/mol. The van der Waals surface area contributed by atoms with Crippen LogP contribution in [-0.2, 0) is 0 Å². The van der Waals surface area contributed by atoms with E-state index in [1.165, 1.54) is 0 Å². The summed E-state index contributed by atoms with van der Waals surface area (Å²) >= 11 is 0. The van der Waals surface area contributed by atoms with Crippen molar-refractivity contribution in [2.75, 3.05) is 17.6 Å². The summed E-state index contributed by atoms with van der Waals surface area (Å²) in [7, 11) is 0. The minimum absolute atomic E-state index is 0.728. The molecule has 0 bridgehead atoms. The minimum atomic E-state index is 0.728. The van der Waals surface area contributed by atoms with Crippen LogP contribution in [0.4, 0.5) is 11.5 Å². The molecule has 1 aromatic rings. The van der Waals surface area contributed by atoms with E-state index >= 15 is 0 Å². The highest BCUT2D eigenvalue weighted by atomic mass is 15.0. The van der Waals surface area contributed by atoms with Crippen LogP contribution in [0.3, 0.4) is 0 Å². The van der Waals surface area contributed by atoms with Gasteiger partial charge < -0.3 is 11.1 Å². The largest absolute Gasteiger partial charge is 0.399 e. The highest BCUT2D eigenvalue weighted by molar-refractivity contribution is 5.48. The van der Waals surface area contributed by atoms with Gasteiger partial charge in [-0.3, -0.25) is 0 Å². The summed E-state index contributed by atoms with van der Waals surface area (Å²) in [6.07, 6.45) is 9.78. The zero-order chi connectivity index (χ0) is 10.2. The molecule has 3 nitrogen and oxygen atoms in total. The fourth-order valence-corrected chi connectivity index (χ4v) is 1.11. The molecular formula is C11H15N3. The number of nitrogens with one attached hydrogen (secondary N) is 1. The Balaban J connectivity index is 2.22. The highest BCUT2D eigenvalue weighted by Gasteiger charge is 1.92. The van der Waals surface area contributed by atoms with Crippen LogP contribution in [0.1, 0.15) is 19.3 Å². The van der Waals surface area contributed by atoms with Gasteiger partial charge in [0.25, 0.3) is 0 Å². The fraction of sp³-hybridized carbons (Fsp3) is 0.364. The molecule has 3 N–H and O–H groups in total. The Kier molecular flexibility index (Phi) is 4.36. The standard InChI is InChI=1S/C11H15N3/c1-2-3-4-5-7-13-11-9-10(12)6-8-14-11/h1,6,8-9H,3-5,7H2,(H3,12,13,14). The number of hydrogen-bond donors (Lipinski definition) is 2. The summed E-state index contributed by atoms with van der Waals surface area (Å²) in [4.78, 5) is 4.13. The Hall–Kier alpha value is -1.69. The van der Waals surface area contributed by atoms with Gasteiger partial charge >= 0.3 is 0 Å². The normalized spacial score (nSPS) is 9.36. The van der Waals surface area contributed by atoms with Crippen molar-refractivity contribution in [1.82, 2.24) is 4.98 Å². The van der Waals surface area contributed by atoms with Gasteiger partial charge in [-0.25, -0.2) is 4.98 Å². The van der Waals surface area contributed by atoms with Crippen LogP contribution >= 0.6 is 0 Å². The number of nitrogens with two attached hydrogens (primary N) is 1. The monoisotopic (exact) mass is 189 g/mol. The second kappa shape index (κ2) is 5.87. The molecule has 0 radical (unpaired) electrons. The van der Waals surface area contributed by atoms with Crippen molar-refractivity contribution in [2.45, 2.75) is 19.3 Å². The van der Waals surface area contributed by atoms with Gasteiger partial charge in [0, 0.05) is 30.9 Å². The number of unbranched alkanes of at least 4 members (excludes halogenated alkanes) is 2. The van der Waals surface area contributed by atoms with Crippen LogP contribution in [0.25, 0.3) is 0 Å². The first kappa shape index (κ1) is 10.4. The van der Waals surface area contributed by atoms with Gasteiger partial charge in [-0.1, -0.05) is 0 Å². The van der Waals surface area contributed by atoms with Crippen molar-refractivity contribution in [3.8, 4) is 12.3 Å². The average Bonchev–Trinajstić information content (AvgIpc) is 2.18. The highest BCUT2D eigenvalue weighted by Crippen LogP contribution is 2.07. The van der Waals surface area contributed by atoms with E-state index in [-0.39, 0.29) is 0 Å². The molecule has 0 atom stereocenters. The van der Waals surface area contributed by atoms with Crippen LogP contribution in [0.2, 0.25) is 0 Å². The summed E-state index contributed by atoms with van der Waals surface area (Å²) in [6.45, 7) is 0.887. The summed E-state index contributed by atoms with van der Waals surface area (Å²) in [5, 5.41) is 3.18. The Bertz CT molecular complexity index is 315. The lowest BCUT2D eigenvalue weighted by molar-refractivity contribution is 0.787. The lowest BCUT2D eigenvalue weighted by Crippen LogP contribution is -2.03. The van der Waals surface area contributed by atoms with E-state index in [0.29, 0.717) is 0 Å². The summed E-state index contributed by atoms with van der Waals surface area (Å²) < 4.78 is 0. The number of aromatic nitrogens is 1. The van der Waals surface area contributed by atoms with Gasteiger partial charge in [0.1, 0.15) is 5.82 Å². The maximum absolute atomic E-state index is 5.60. The fourth-order valence-electron chi connectivity index (χ4n) is 1.11. The van der Waals surface area contributed by atoms with Gasteiger partial charge in [0.2, 0.25) is 0 Å². The molecule has 0 saturated heterocycles. The summed E-state index contributed by atoms with van der Waals surface area (Å²) in [6, 6.07) is 3.59. The molecule has 14 heavy (non-hydrogen) atoms. The second-order valence-corrected chi connectivity index (χ2v) is 3.06. The SMILES string of the molecule is C#CCCCCNc1cc(N)ccn1. The third kappa shape index (κ3) is 3.81. The Morgan fingerprint density at radius 1 is 1.50 bits per heavy atom. The van der Waals surface area contributed by atoms with Gasteiger partial charge in [0.15, 0.2) is 0 Å². The number of hydrogen-bond acceptors (Lipinski definition) is 3. The first-order valence-corrected chi connectivity index (χ1v) is 4.72. The molecule has 0 aliphatic carbocycles. The lowest BCUT2D eigenvalue weighted by Gasteiger charge is -2.04. The molecular weight excluding hydrogens is 174 g/mol. The van der Waals surface area contributed by atoms with Crippen LogP contribution in [-0.4, -0.2) is 11.5 Å². The average molecular weight is 189 g/mol. The molecule has 0 spiro atoms. The van der Waals surface area contributed by atoms with Gasteiger partial charge in [-0.05, 0) is 18.9 Å². The summed E-state index contributed by atoms with van der Waals surface area (Å²) in [5.74, 6) is 3.44. The number of rotatable bonds is 5. The van der Waals surface area contributed by atoms with E-state index in [1.807, 2.05) is 6.07 Å². The van der Waals surface area contributed by atoms with E-state index in [1.54, 1.807) is 12.3 Å². The van der Waals surface area contributed by atoms with Crippen molar-refractivity contribution in [3.63, 3.8) is 0 Å². The first-order chi connectivity index (χ1) is 6.83. The number of anilines is 2. The topological polar surface area (TPSA) is 50.9 Å². The zero-order valence-corrected chi connectivity index (χ0v) is 8.16. The van der Waals surface area contributed by atoms with Crippen molar-refractivity contribution in [2.24, 2.45) is 0 Å². The number of pyridine rings is 1. The Morgan fingerprint density at radius 3 is 3.07 bits per heavy atom. The molecule has 0 fully saturated rings. The summed E-state index contributed by atoms with van der Waals surface area (Å²) in [5.41, 5.74) is 6.33. The Morgan fingerprint density at radius 2 is 2.36 bits per heavy atom. The molecule has 1 aromatic heterocycles. The van der Waals surface area contributed by atoms with E-state index < -0.39 is 0 Å². The van der Waals surface area contributed by atoms with Gasteiger partial charge in [0.05, 0.1) is 0 Å². The van der Waals surface area contributed by atoms with E-state index in [4.69, 9.17) is 12.2 Å². The zero-order valence-electron chi connectivity index (χ0n) is 8.16. The van der Waals surface area contributed by atoms with Crippen LogP contribution in [0.5, 0.6) is 0 Å². The van der Waals surface area contributed by atoms with Crippen molar-refractivity contribution < 1.29 is 0 Å². The third-order valence-electron chi connectivity index (χ3n) is 1.84. The van der Waals surface area contributed by atoms with Crippen molar-refractivity contribution in [1.29, 1.82) is 0 Å². The third-order valence-corrected chi connectivity index (χ3v) is 1.84. The molecule has 3 heteroatoms. The van der Waals surface area contributed by atoms with Gasteiger partial charge in [-0.2, -0.15) is 0 Å². The number of nitrogens with zero attached hydrogens (tertiary/aromatic N) is 1. The molecule has 0 aliphatic rings. The van der Waals surface area contributed by atoms with E-state index in [0.717, 1.165) is 37.3 Å². The molecule has 1 heterocycles.